The molecular formula is C19H22BrFO2. The smallest absolute Gasteiger partial charge is 0.312 e. The topological polar surface area (TPSA) is 26.3 Å². The summed E-state index contributed by atoms with van der Waals surface area (Å²) < 4.78 is 19.0. The first-order valence-corrected chi connectivity index (χ1v) is 9.32. The molecule has 1 aromatic carbocycles. The van der Waals surface area contributed by atoms with E-state index in [2.05, 4.69) is 15.9 Å². The molecule has 0 spiro atoms. The summed E-state index contributed by atoms with van der Waals surface area (Å²) in [4.78, 5) is 13.0. The Hall–Kier alpha value is -0.900. The van der Waals surface area contributed by atoms with Crippen molar-refractivity contribution in [1.82, 2.24) is 0 Å². The van der Waals surface area contributed by atoms with Gasteiger partial charge in [-0.3, -0.25) is 4.79 Å². The molecule has 4 saturated carbocycles. The van der Waals surface area contributed by atoms with Crippen molar-refractivity contribution in [3.05, 3.63) is 35.6 Å². The fourth-order valence-electron chi connectivity index (χ4n) is 5.48. The summed E-state index contributed by atoms with van der Waals surface area (Å²) in [5, 5.41) is 0. The number of ether oxygens (including phenoxy) is 1. The van der Waals surface area contributed by atoms with Crippen molar-refractivity contribution >= 4 is 21.9 Å². The standard InChI is InChI=1S/C19H22BrFO2/c1-12(15-2-4-16(21)5-3-15)23-17(22)18-7-13-6-14(8-18)10-19(20,9-13)11-18/h2-5,12-14H,6-11H2,1H3/t12-,13-,14+,18?,19?/m0/s1. The highest BCUT2D eigenvalue weighted by Crippen LogP contribution is 2.64. The van der Waals surface area contributed by atoms with E-state index >= 15 is 0 Å². The normalized spacial score (nSPS) is 39.3. The lowest BCUT2D eigenvalue weighted by Gasteiger charge is -2.59. The van der Waals surface area contributed by atoms with Crippen LogP contribution in [0.1, 0.15) is 57.1 Å². The Bertz CT molecular complexity index is 613. The minimum Gasteiger partial charge on any atom is -0.457 e. The van der Waals surface area contributed by atoms with Crippen LogP contribution < -0.4 is 0 Å². The van der Waals surface area contributed by atoms with Crippen LogP contribution >= 0.6 is 15.9 Å². The van der Waals surface area contributed by atoms with Crippen molar-refractivity contribution in [2.45, 2.75) is 55.9 Å². The molecule has 5 atom stereocenters. The molecular weight excluding hydrogens is 359 g/mol. The number of hydrogen-bond donors (Lipinski definition) is 0. The predicted octanol–water partition coefficient (Wildman–Crippen LogP) is 5.16. The van der Waals surface area contributed by atoms with Crippen LogP contribution in [0.3, 0.4) is 0 Å². The number of carbonyl (C=O) groups excluding carboxylic acids is 1. The largest absolute Gasteiger partial charge is 0.457 e. The monoisotopic (exact) mass is 380 g/mol. The first-order valence-electron chi connectivity index (χ1n) is 8.53. The van der Waals surface area contributed by atoms with Gasteiger partial charge in [-0.2, -0.15) is 0 Å². The molecule has 4 heteroatoms. The van der Waals surface area contributed by atoms with Crippen molar-refractivity contribution in [3.63, 3.8) is 0 Å². The molecule has 0 saturated heterocycles. The van der Waals surface area contributed by atoms with Gasteiger partial charge in [0.25, 0.3) is 0 Å². The third-order valence-electron chi connectivity index (χ3n) is 6.05. The fraction of sp³-hybridized carbons (Fsp3) is 0.632. The number of carbonyl (C=O) groups is 1. The number of hydrogen-bond acceptors (Lipinski definition) is 2. The molecule has 5 rings (SSSR count). The Kier molecular flexibility index (Phi) is 3.60. The zero-order valence-corrected chi connectivity index (χ0v) is 14.9. The molecule has 0 aliphatic heterocycles. The zero-order valence-electron chi connectivity index (χ0n) is 13.4. The fourth-order valence-corrected chi connectivity index (χ4v) is 6.93. The first kappa shape index (κ1) is 15.6. The molecule has 2 unspecified atom stereocenters. The van der Waals surface area contributed by atoms with Crippen molar-refractivity contribution in [2.24, 2.45) is 17.3 Å². The summed E-state index contributed by atoms with van der Waals surface area (Å²) >= 11 is 3.93. The van der Waals surface area contributed by atoms with Crippen molar-refractivity contribution < 1.29 is 13.9 Å². The lowest BCUT2D eigenvalue weighted by molar-refractivity contribution is -0.174. The maximum Gasteiger partial charge on any atom is 0.312 e. The SMILES string of the molecule is C[C@H](OC(=O)C12C[C@@H]3C[C@@H](CC(Br)(C3)C1)C2)c1ccc(F)cc1. The summed E-state index contributed by atoms with van der Waals surface area (Å²) in [7, 11) is 0. The quantitative estimate of drug-likeness (QED) is 0.534. The third kappa shape index (κ3) is 2.73. The Morgan fingerprint density at radius 1 is 1.22 bits per heavy atom. The molecule has 0 aromatic heterocycles. The van der Waals surface area contributed by atoms with E-state index in [1.807, 2.05) is 6.92 Å². The first-order chi connectivity index (χ1) is 10.9. The Balaban J connectivity index is 1.51. The van der Waals surface area contributed by atoms with E-state index in [-0.39, 0.29) is 27.6 Å². The highest BCUT2D eigenvalue weighted by Gasteiger charge is 2.60. The zero-order chi connectivity index (χ0) is 16.2. The van der Waals surface area contributed by atoms with E-state index < -0.39 is 0 Å². The van der Waals surface area contributed by atoms with Gasteiger partial charge in [0, 0.05) is 4.32 Å². The summed E-state index contributed by atoms with van der Waals surface area (Å²) in [6.45, 7) is 1.87. The second kappa shape index (κ2) is 5.30. The van der Waals surface area contributed by atoms with Crippen LogP contribution in [0.15, 0.2) is 24.3 Å². The number of benzene rings is 1. The second-order valence-corrected chi connectivity index (χ2v) is 9.67. The molecule has 124 valence electrons. The number of rotatable bonds is 3. The molecule has 2 nitrogen and oxygen atoms in total. The molecule has 0 amide bonds. The van der Waals surface area contributed by atoms with Crippen molar-refractivity contribution in [2.75, 3.05) is 0 Å². The van der Waals surface area contributed by atoms with Gasteiger partial charge >= 0.3 is 5.97 Å². The van der Waals surface area contributed by atoms with Crippen molar-refractivity contribution in [1.29, 1.82) is 0 Å². The lowest BCUT2D eigenvalue weighted by Crippen LogP contribution is -2.56. The molecule has 4 aliphatic carbocycles. The minimum absolute atomic E-state index is 0.0488. The van der Waals surface area contributed by atoms with E-state index in [9.17, 15) is 9.18 Å². The van der Waals surface area contributed by atoms with Crippen LogP contribution in [0.25, 0.3) is 0 Å². The van der Waals surface area contributed by atoms with E-state index in [1.54, 1.807) is 12.1 Å². The molecule has 1 aromatic rings. The summed E-state index contributed by atoms with van der Waals surface area (Å²) in [6, 6.07) is 6.22. The van der Waals surface area contributed by atoms with Gasteiger partial charge in [0.15, 0.2) is 0 Å². The lowest BCUT2D eigenvalue weighted by atomic mass is 9.49. The maximum atomic E-state index is 13.0. The van der Waals surface area contributed by atoms with Crippen LogP contribution in [0.2, 0.25) is 0 Å². The van der Waals surface area contributed by atoms with Crippen LogP contribution in [0.4, 0.5) is 4.39 Å². The van der Waals surface area contributed by atoms with Gasteiger partial charge in [0.05, 0.1) is 5.41 Å². The highest BCUT2D eigenvalue weighted by atomic mass is 79.9. The summed E-state index contributed by atoms with van der Waals surface area (Å²) in [6.07, 6.45) is 6.20. The van der Waals surface area contributed by atoms with E-state index in [1.165, 1.54) is 31.4 Å². The van der Waals surface area contributed by atoms with Crippen LogP contribution in [0.5, 0.6) is 0 Å². The van der Waals surface area contributed by atoms with Gasteiger partial charge in [0.1, 0.15) is 11.9 Å². The molecule has 0 radical (unpaired) electrons. The predicted molar refractivity (Wildman–Crippen MR) is 89.7 cm³/mol. The van der Waals surface area contributed by atoms with Gasteiger partial charge in [-0.15, -0.1) is 0 Å². The molecule has 23 heavy (non-hydrogen) atoms. The van der Waals surface area contributed by atoms with Crippen LogP contribution in [-0.2, 0) is 9.53 Å². The van der Waals surface area contributed by atoms with Gasteiger partial charge < -0.3 is 4.74 Å². The highest BCUT2D eigenvalue weighted by molar-refractivity contribution is 9.10. The van der Waals surface area contributed by atoms with Gasteiger partial charge in [-0.1, -0.05) is 28.1 Å². The molecule has 4 aliphatic rings. The average Bonchev–Trinajstić information content (AvgIpc) is 2.45. The summed E-state index contributed by atoms with van der Waals surface area (Å²) in [5.41, 5.74) is 0.542. The van der Waals surface area contributed by atoms with Crippen molar-refractivity contribution in [3.8, 4) is 0 Å². The number of alkyl halides is 1. The Labute approximate surface area is 144 Å². The summed E-state index contributed by atoms with van der Waals surface area (Å²) in [5.74, 6) is 0.996. The molecule has 4 fully saturated rings. The van der Waals surface area contributed by atoms with Gasteiger partial charge in [-0.05, 0) is 75.0 Å². The van der Waals surface area contributed by atoms with Crippen LogP contribution in [0, 0.1) is 23.1 Å². The van der Waals surface area contributed by atoms with E-state index in [0.717, 1.165) is 24.8 Å². The van der Waals surface area contributed by atoms with E-state index in [4.69, 9.17) is 4.74 Å². The van der Waals surface area contributed by atoms with Crippen LogP contribution in [-0.4, -0.2) is 10.3 Å². The Morgan fingerprint density at radius 2 is 1.83 bits per heavy atom. The third-order valence-corrected chi connectivity index (χ3v) is 6.97. The minimum atomic E-state index is -0.331. The second-order valence-electron chi connectivity index (χ2n) is 7.99. The maximum absolute atomic E-state index is 13.0. The number of halogens is 2. The van der Waals surface area contributed by atoms with E-state index in [0.29, 0.717) is 11.8 Å². The molecule has 0 N–H and O–H groups in total. The van der Waals surface area contributed by atoms with Gasteiger partial charge in [-0.25, -0.2) is 4.39 Å². The molecule has 0 heterocycles. The Morgan fingerprint density at radius 3 is 2.39 bits per heavy atom. The van der Waals surface area contributed by atoms with Gasteiger partial charge in [0.2, 0.25) is 0 Å². The average molecular weight is 381 g/mol. The molecule has 4 bridgehead atoms. The number of esters is 1.